The number of benzene rings is 2. The summed E-state index contributed by atoms with van der Waals surface area (Å²) in [7, 11) is 0. The molecule has 0 aromatic heterocycles. The molecule has 0 aliphatic carbocycles. The van der Waals surface area contributed by atoms with E-state index in [1.165, 1.54) is 0 Å². The lowest BCUT2D eigenvalue weighted by Crippen LogP contribution is -2.12. The molecule has 22 heavy (non-hydrogen) atoms. The Kier molecular flexibility index (Phi) is 4.40. The summed E-state index contributed by atoms with van der Waals surface area (Å²) >= 11 is 0. The highest BCUT2D eigenvalue weighted by Gasteiger charge is 2.17. The maximum Gasteiger partial charge on any atom is 0.386 e. The number of carbonyl (C=O) groups is 2. The van der Waals surface area contributed by atoms with Crippen LogP contribution in [0.3, 0.4) is 0 Å². The Labute approximate surface area is 120 Å². The fourth-order valence-electron chi connectivity index (χ4n) is 1.42. The third-order valence-electron chi connectivity index (χ3n) is 2.50. The van der Waals surface area contributed by atoms with Gasteiger partial charge in [0.05, 0.1) is 11.1 Å². The number of rotatable bonds is 2. The second kappa shape index (κ2) is 6.25. The molecule has 0 aliphatic heterocycles. The monoisotopic (exact) mass is 314 g/mol. The third-order valence-corrected chi connectivity index (χ3v) is 2.50. The first-order valence-corrected chi connectivity index (χ1v) is 5.72. The van der Waals surface area contributed by atoms with Crippen molar-refractivity contribution in [3.8, 4) is 0 Å². The van der Waals surface area contributed by atoms with Gasteiger partial charge in [-0.2, -0.15) is 0 Å². The van der Waals surface area contributed by atoms with Crippen molar-refractivity contribution in [1.29, 1.82) is 0 Å². The molecular formula is C14H6F4O4. The average molecular weight is 314 g/mol. The second-order valence-corrected chi connectivity index (χ2v) is 4.00. The van der Waals surface area contributed by atoms with Crippen molar-refractivity contribution < 1.29 is 36.9 Å². The molecular weight excluding hydrogens is 308 g/mol. The molecule has 0 N–H and O–H groups in total. The zero-order valence-corrected chi connectivity index (χ0v) is 10.6. The van der Waals surface area contributed by atoms with Crippen LogP contribution in [0.2, 0.25) is 0 Å². The number of carbonyl (C=O) groups excluding carboxylic acids is 2. The largest absolute Gasteiger partial charge is 0.386 e. The highest BCUT2D eigenvalue weighted by molar-refractivity contribution is 5.92. The molecule has 0 fully saturated rings. The van der Waals surface area contributed by atoms with Crippen molar-refractivity contribution in [1.82, 2.24) is 0 Å². The van der Waals surface area contributed by atoms with Gasteiger partial charge in [-0.05, 0) is 36.4 Å². The third kappa shape index (κ3) is 3.40. The smallest absolute Gasteiger partial charge is 0.242 e. The maximum atomic E-state index is 12.9. The van der Waals surface area contributed by atoms with Crippen LogP contribution < -0.4 is 0 Å². The van der Waals surface area contributed by atoms with Gasteiger partial charge in [-0.3, -0.25) is 0 Å². The summed E-state index contributed by atoms with van der Waals surface area (Å²) < 4.78 is 51.2. The number of hydrogen-bond donors (Lipinski definition) is 0. The Bertz CT molecular complexity index is 682. The molecule has 0 amide bonds. The molecule has 8 heteroatoms. The summed E-state index contributed by atoms with van der Waals surface area (Å²) in [4.78, 5) is 31.1. The molecule has 2 rings (SSSR count). The van der Waals surface area contributed by atoms with Crippen molar-refractivity contribution >= 4 is 11.9 Å². The first-order valence-electron chi connectivity index (χ1n) is 5.72. The lowest BCUT2D eigenvalue weighted by Gasteiger charge is -2.04. The fourth-order valence-corrected chi connectivity index (χ4v) is 1.42. The molecule has 0 atom stereocenters. The van der Waals surface area contributed by atoms with Gasteiger partial charge in [-0.1, -0.05) is 0 Å². The Balaban J connectivity index is 2.02. The fraction of sp³-hybridized carbons (Fsp3) is 0. The molecule has 0 saturated heterocycles. The van der Waals surface area contributed by atoms with Gasteiger partial charge >= 0.3 is 11.9 Å². The van der Waals surface area contributed by atoms with Gasteiger partial charge in [-0.25, -0.2) is 36.9 Å². The first-order chi connectivity index (χ1) is 10.4. The molecule has 2 aromatic rings. The van der Waals surface area contributed by atoms with Crippen LogP contribution in [0.5, 0.6) is 0 Å². The molecule has 0 bridgehead atoms. The van der Waals surface area contributed by atoms with Crippen LogP contribution >= 0.6 is 0 Å². The Morgan fingerprint density at radius 1 is 0.636 bits per heavy atom. The van der Waals surface area contributed by atoms with Crippen LogP contribution in [-0.2, 0) is 9.78 Å². The average Bonchev–Trinajstić information content (AvgIpc) is 2.50. The van der Waals surface area contributed by atoms with Crippen LogP contribution in [0.4, 0.5) is 17.6 Å². The molecule has 0 saturated carbocycles. The second-order valence-electron chi connectivity index (χ2n) is 4.00. The summed E-state index contributed by atoms with van der Waals surface area (Å²) in [6, 6.07) is 4.27. The molecule has 4 nitrogen and oxygen atoms in total. The van der Waals surface area contributed by atoms with E-state index in [4.69, 9.17) is 0 Å². The molecule has 0 heterocycles. The van der Waals surface area contributed by atoms with Gasteiger partial charge in [0.15, 0.2) is 23.3 Å². The van der Waals surface area contributed by atoms with E-state index >= 15 is 0 Å². The number of hydrogen-bond acceptors (Lipinski definition) is 4. The van der Waals surface area contributed by atoms with Crippen molar-refractivity contribution in [2.45, 2.75) is 0 Å². The minimum Gasteiger partial charge on any atom is -0.242 e. The van der Waals surface area contributed by atoms with E-state index in [9.17, 15) is 27.2 Å². The lowest BCUT2D eigenvalue weighted by molar-refractivity contribution is -0.187. The zero-order valence-electron chi connectivity index (χ0n) is 10.6. The minimum atomic E-state index is -1.29. The quantitative estimate of drug-likeness (QED) is 0.485. The van der Waals surface area contributed by atoms with Crippen molar-refractivity contribution in [3.63, 3.8) is 0 Å². The minimum absolute atomic E-state index is 0.406. The summed E-state index contributed by atoms with van der Waals surface area (Å²) in [5, 5.41) is 0. The lowest BCUT2D eigenvalue weighted by atomic mass is 10.2. The Hall–Kier alpha value is -2.90. The van der Waals surface area contributed by atoms with Gasteiger partial charge in [-0.15, -0.1) is 0 Å². The summed E-state index contributed by atoms with van der Waals surface area (Å²) in [6.45, 7) is 0. The highest BCUT2D eigenvalue weighted by atomic mass is 19.2. The molecule has 2 aromatic carbocycles. The topological polar surface area (TPSA) is 52.6 Å². The van der Waals surface area contributed by atoms with Crippen LogP contribution in [0.25, 0.3) is 0 Å². The standard InChI is InChI=1S/C14H6F4O4/c15-9-3-1-7(5-11(9)17)13(19)21-22-14(20)8-2-4-10(16)12(18)6-8/h1-6H. The normalized spacial score (nSPS) is 10.2. The van der Waals surface area contributed by atoms with Crippen LogP contribution in [-0.4, -0.2) is 11.9 Å². The predicted molar refractivity (Wildman–Crippen MR) is 63.5 cm³/mol. The van der Waals surface area contributed by atoms with E-state index in [2.05, 4.69) is 9.78 Å². The Morgan fingerprint density at radius 3 is 1.32 bits per heavy atom. The summed E-state index contributed by atoms with van der Waals surface area (Å²) in [5.74, 6) is -7.46. The van der Waals surface area contributed by atoms with E-state index in [0.717, 1.165) is 12.1 Å². The molecule has 0 spiro atoms. The van der Waals surface area contributed by atoms with Crippen molar-refractivity contribution in [3.05, 3.63) is 70.8 Å². The summed E-state index contributed by atoms with van der Waals surface area (Å²) in [5.41, 5.74) is -0.811. The van der Waals surface area contributed by atoms with E-state index in [1.54, 1.807) is 0 Å². The Morgan fingerprint density at radius 2 is 1.00 bits per heavy atom. The van der Waals surface area contributed by atoms with Crippen molar-refractivity contribution in [2.24, 2.45) is 0 Å². The predicted octanol–water partition coefficient (Wildman–Crippen LogP) is 3.17. The van der Waals surface area contributed by atoms with Gasteiger partial charge < -0.3 is 0 Å². The van der Waals surface area contributed by atoms with Gasteiger partial charge in [0, 0.05) is 0 Å². The van der Waals surface area contributed by atoms with E-state index in [0.29, 0.717) is 24.3 Å². The molecule has 114 valence electrons. The van der Waals surface area contributed by atoms with Gasteiger partial charge in [0.25, 0.3) is 0 Å². The van der Waals surface area contributed by atoms with E-state index < -0.39 is 46.3 Å². The molecule has 0 radical (unpaired) electrons. The summed E-state index contributed by atoms with van der Waals surface area (Å²) in [6.07, 6.45) is 0. The molecule has 0 unspecified atom stereocenters. The molecule has 0 aliphatic rings. The van der Waals surface area contributed by atoms with Crippen LogP contribution in [0, 0.1) is 23.3 Å². The zero-order chi connectivity index (χ0) is 16.3. The van der Waals surface area contributed by atoms with E-state index in [-0.39, 0.29) is 0 Å². The highest BCUT2D eigenvalue weighted by Crippen LogP contribution is 2.12. The van der Waals surface area contributed by atoms with Crippen LogP contribution in [0.15, 0.2) is 36.4 Å². The SMILES string of the molecule is O=C(OOC(=O)c1ccc(F)c(F)c1)c1ccc(F)c(F)c1. The van der Waals surface area contributed by atoms with Gasteiger partial charge in [0.2, 0.25) is 0 Å². The van der Waals surface area contributed by atoms with Crippen molar-refractivity contribution in [2.75, 3.05) is 0 Å². The maximum absolute atomic E-state index is 12.9. The van der Waals surface area contributed by atoms with E-state index in [1.807, 2.05) is 0 Å². The first kappa shape index (κ1) is 15.5. The number of halogens is 4. The van der Waals surface area contributed by atoms with Crippen LogP contribution in [0.1, 0.15) is 20.7 Å². The van der Waals surface area contributed by atoms with Gasteiger partial charge in [0.1, 0.15) is 0 Å².